The molecular formula is C24H23N3O3. The van der Waals surface area contributed by atoms with Crippen LogP contribution in [0.25, 0.3) is 10.8 Å². The third-order valence-corrected chi connectivity index (χ3v) is 5.27. The van der Waals surface area contributed by atoms with Gasteiger partial charge in [-0.15, -0.1) is 0 Å². The van der Waals surface area contributed by atoms with Crippen LogP contribution in [0.15, 0.2) is 66.7 Å². The molecular weight excluding hydrogens is 378 g/mol. The second-order valence-electron chi connectivity index (χ2n) is 7.44. The number of anilines is 2. The van der Waals surface area contributed by atoms with E-state index in [2.05, 4.69) is 5.32 Å². The molecule has 4 rings (SSSR count). The number of carbonyl (C=O) groups excluding carboxylic acids is 3. The van der Waals surface area contributed by atoms with E-state index < -0.39 is 0 Å². The molecule has 1 aliphatic rings. The second kappa shape index (κ2) is 8.37. The fraction of sp³-hybridized carbons (Fsp3) is 0.208. The lowest BCUT2D eigenvalue weighted by molar-refractivity contribution is -0.117. The molecule has 0 bridgehead atoms. The number of nitrogens with zero attached hydrogens (tertiary/aromatic N) is 2. The summed E-state index contributed by atoms with van der Waals surface area (Å²) in [5.41, 5.74) is 1.89. The minimum Gasteiger partial charge on any atom is -0.332 e. The number of hydrogen-bond acceptors (Lipinski definition) is 3. The van der Waals surface area contributed by atoms with Crippen LogP contribution < -0.4 is 10.2 Å². The highest BCUT2D eigenvalue weighted by atomic mass is 16.2. The Morgan fingerprint density at radius 1 is 1.03 bits per heavy atom. The number of hydrogen-bond donors (Lipinski definition) is 1. The normalized spacial score (nSPS) is 13.5. The van der Waals surface area contributed by atoms with Gasteiger partial charge in [0.2, 0.25) is 11.8 Å². The van der Waals surface area contributed by atoms with Gasteiger partial charge in [-0.25, -0.2) is 0 Å². The smallest absolute Gasteiger partial charge is 0.254 e. The van der Waals surface area contributed by atoms with E-state index in [1.807, 2.05) is 48.5 Å². The van der Waals surface area contributed by atoms with E-state index in [0.717, 1.165) is 22.9 Å². The molecule has 1 N–H and O–H groups in total. The van der Waals surface area contributed by atoms with Crippen molar-refractivity contribution in [1.29, 1.82) is 0 Å². The molecule has 0 unspecified atom stereocenters. The van der Waals surface area contributed by atoms with Gasteiger partial charge in [0.1, 0.15) is 0 Å². The van der Waals surface area contributed by atoms with Crippen molar-refractivity contribution < 1.29 is 14.4 Å². The lowest BCUT2D eigenvalue weighted by Gasteiger charge is -2.20. The van der Waals surface area contributed by atoms with E-state index in [0.29, 0.717) is 24.2 Å². The Kier molecular flexibility index (Phi) is 5.48. The molecule has 152 valence electrons. The van der Waals surface area contributed by atoms with Crippen LogP contribution in [0.1, 0.15) is 23.2 Å². The number of fused-ring (bicyclic) bond motifs is 1. The van der Waals surface area contributed by atoms with Crippen molar-refractivity contribution in [3.8, 4) is 0 Å². The van der Waals surface area contributed by atoms with Gasteiger partial charge in [0.05, 0.1) is 6.54 Å². The highest BCUT2D eigenvalue weighted by Crippen LogP contribution is 2.24. The van der Waals surface area contributed by atoms with Crippen molar-refractivity contribution in [2.45, 2.75) is 12.8 Å². The fourth-order valence-electron chi connectivity index (χ4n) is 3.76. The SMILES string of the molecule is CN(CC(=O)Nc1cccc2ccccc12)C(=O)c1cccc(N2CCCC2=O)c1. The minimum absolute atomic E-state index is 0.0717. The zero-order chi connectivity index (χ0) is 21.1. The first-order valence-electron chi connectivity index (χ1n) is 9.96. The summed E-state index contributed by atoms with van der Waals surface area (Å²) in [5, 5.41) is 4.88. The van der Waals surface area contributed by atoms with Crippen LogP contribution in [0.3, 0.4) is 0 Å². The molecule has 30 heavy (non-hydrogen) atoms. The molecule has 0 aliphatic carbocycles. The van der Waals surface area contributed by atoms with Crippen LogP contribution in [-0.4, -0.2) is 42.8 Å². The Hall–Kier alpha value is -3.67. The molecule has 3 aromatic carbocycles. The second-order valence-corrected chi connectivity index (χ2v) is 7.44. The van der Waals surface area contributed by atoms with E-state index in [1.165, 1.54) is 4.90 Å². The van der Waals surface area contributed by atoms with Crippen LogP contribution in [0.5, 0.6) is 0 Å². The summed E-state index contributed by atoms with van der Waals surface area (Å²) in [6.45, 7) is 0.592. The van der Waals surface area contributed by atoms with Crippen molar-refractivity contribution in [1.82, 2.24) is 4.90 Å². The van der Waals surface area contributed by atoms with Crippen molar-refractivity contribution in [3.63, 3.8) is 0 Å². The topological polar surface area (TPSA) is 69.7 Å². The molecule has 0 saturated carbocycles. The zero-order valence-electron chi connectivity index (χ0n) is 16.8. The average molecular weight is 401 g/mol. The molecule has 6 heteroatoms. The van der Waals surface area contributed by atoms with Gasteiger partial charge >= 0.3 is 0 Å². The molecule has 0 spiro atoms. The van der Waals surface area contributed by atoms with E-state index in [4.69, 9.17) is 0 Å². The molecule has 1 fully saturated rings. The van der Waals surface area contributed by atoms with Gasteiger partial charge in [0, 0.05) is 42.3 Å². The summed E-state index contributed by atoms with van der Waals surface area (Å²) < 4.78 is 0. The van der Waals surface area contributed by atoms with Crippen LogP contribution in [0.2, 0.25) is 0 Å². The van der Waals surface area contributed by atoms with Crippen molar-refractivity contribution >= 4 is 39.9 Å². The van der Waals surface area contributed by atoms with Crippen molar-refractivity contribution in [2.24, 2.45) is 0 Å². The van der Waals surface area contributed by atoms with Crippen LogP contribution >= 0.6 is 0 Å². The molecule has 6 nitrogen and oxygen atoms in total. The van der Waals surface area contributed by atoms with E-state index in [9.17, 15) is 14.4 Å². The molecule has 3 aromatic rings. The van der Waals surface area contributed by atoms with Gasteiger partial charge in [-0.3, -0.25) is 14.4 Å². The number of amides is 3. The predicted molar refractivity (Wildman–Crippen MR) is 118 cm³/mol. The van der Waals surface area contributed by atoms with E-state index >= 15 is 0 Å². The third kappa shape index (κ3) is 4.03. The first-order valence-corrected chi connectivity index (χ1v) is 9.96. The Balaban J connectivity index is 1.44. The van der Waals surface area contributed by atoms with Gasteiger partial charge < -0.3 is 15.1 Å². The summed E-state index contributed by atoms with van der Waals surface area (Å²) >= 11 is 0. The first kappa shape index (κ1) is 19.6. The van der Waals surface area contributed by atoms with Gasteiger partial charge in [0.15, 0.2) is 0 Å². The molecule has 0 atom stereocenters. The lowest BCUT2D eigenvalue weighted by Crippen LogP contribution is -2.35. The van der Waals surface area contributed by atoms with Crippen molar-refractivity contribution in [3.05, 3.63) is 72.3 Å². The molecule has 3 amide bonds. The fourth-order valence-corrected chi connectivity index (χ4v) is 3.76. The highest BCUT2D eigenvalue weighted by Gasteiger charge is 2.23. The zero-order valence-corrected chi connectivity index (χ0v) is 16.8. The molecule has 1 heterocycles. The summed E-state index contributed by atoms with van der Waals surface area (Å²) in [6.07, 6.45) is 1.36. The monoisotopic (exact) mass is 401 g/mol. The summed E-state index contributed by atoms with van der Waals surface area (Å²) in [4.78, 5) is 40.5. The standard InChI is InChI=1S/C24H23N3O3/c1-26(16-22(28)25-21-12-5-8-17-7-2-3-11-20(17)21)24(30)18-9-4-10-19(15-18)27-14-6-13-23(27)29/h2-5,7-12,15H,6,13-14,16H2,1H3,(H,25,28). The maximum Gasteiger partial charge on any atom is 0.254 e. The summed E-state index contributed by atoms with van der Waals surface area (Å²) in [5.74, 6) is -0.466. The van der Waals surface area contributed by atoms with Crippen LogP contribution in [0, 0.1) is 0 Å². The number of rotatable bonds is 5. The number of likely N-dealkylation sites (N-methyl/N-ethyl adjacent to an activating group) is 1. The Morgan fingerprint density at radius 3 is 2.60 bits per heavy atom. The quantitative estimate of drug-likeness (QED) is 0.709. The van der Waals surface area contributed by atoms with Gasteiger partial charge in [0.25, 0.3) is 5.91 Å². The number of carbonyl (C=O) groups is 3. The van der Waals surface area contributed by atoms with Crippen molar-refractivity contribution in [2.75, 3.05) is 30.4 Å². The molecule has 1 saturated heterocycles. The van der Waals surface area contributed by atoms with E-state index in [1.54, 1.807) is 30.1 Å². The first-order chi connectivity index (χ1) is 14.5. The number of benzene rings is 3. The largest absolute Gasteiger partial charge is 0.332 e. The Morgan fingerprint density at radius 2 is 1.80 bits per heavy atom. The maximum atomic E-state index is 12.8. The van der Waals surface area contributed by atoms with Gasteiger partial charge in [-0.2, -0.15) is 0 Å². The van der Waals surface area contributed by atoms with E-state index in [-0.39, 0.29) is 24.3 Å². The Bertz CT molecular complexity index is 1120. The maximum absolute atomic E-state index is 12.8. The van der Waals surface area contributed by atoms with Crippen LogP contribution in [0.4, 0.5) is 11.4 Å². The lowest BCUT2D eigenvalue weighted by atomic mass is 10.1. The third-order valence-electron chi connectivity index (χ3n) is 5.27. The average Bonchev–Trinajstić information content (AvgIpc) is 3.19. The predicted octanol–water partition coefficient (Wildman–Crippen LogP) is 3.68. The summed E-state index contributed by atoms with van der Waals surface area (Å²) in [7, 11) is 1.60. The summed E-state index contributed by atoms with van der Waals surface area (Å²) in [6, 6.07) is 20.5. The number of nitrogens with one attached hydrogen (secondary N) is 1. The molecule has 0 radical (unpaired) electrons. The highest BCUT2D eigenvalue weighted by molar-refractivity contribution is 6.05. The van der Waals surface area contributed by atoms with Gasteiger partial charge in [-0.05, 0) is 36.1 Å². The Labute approximate surface area is 175 Å². The van der Waals surface area contributed by atoms with Crippen LogP contribution in [-0.2, 0) is 9.59 Å². The molecule has 0 aromatic heterocycles. The molecule has 1 aliphatic heterocycles. The van der Waals surface area contributed by atoms with Gasteiger partial charge in [-0.1, -0.05) is 42.5 Å². The minimum atomic E-state index is -0.270.